The average Bonchev–Trinajstić information content (AvgIpc) is 2.94. The highest BCUT2D eigenvalue weighted by Gasteiger charge is 2.26. The molecule has 0 bridgehead atoms. The van der Waals surface area contributed by atoms with E-state index in [0.717, 1.165) is 37.4 Å². The Balaban J connectivity index is 1.53. The van der Waals surface area contributed by atoms with Crippen LogP contribution in [-0.4, -0.2) is 39.8 Å². The third-order valence-corrected chi connectivity index (χ3v) is 4.38. The highest BCUT2D eigenvalue weighted by molar-refractivity contribution is 6.30. The number of nitrogens with zero attached hydrogens (tertiary/aromatic N) is 3. The molecule has 0 aliphatic carbocycles. The quantitative estimate of drug-likeness (QED) is 0.938. The fourth-order valence-electron chi connectivity index (χ4n) is 2.91. The molecule has 0 radical (unpaired) electrons. The lowest BCUT2D eigenvalue weighted by atomic mass is 9.96. The topological polar surface area (TPSA) is 62.4 Å². The van der Waals surface area contributed by atoms with Crippen molar-refractivity contribution in [2.75, 3.05) is 19.6 Å². The van der Waals surface area contributed by atoms with Crippen molar-refractivity contribution in [2.45, 2.75) is 31.8 Å². The summed E-state index contributed by atoms with van der Waals surface area (Å²) in [6.45, 7) is 4.30. The molecule has 0 saturated carbocycles. The molecule has 1 aromatic carbocycles. The maximum atomic E-state index is 10.3. The number of aryl methyl sites for hydroxylation is 1. The van der Waals surface area contributed by atoms with Gasteiger partial charge in [0.15, 0.2) is 5.82 Å². The van der Waals surface area contributed by atoms with E-state index in [1.165, 1.54) is 0 Å². The Hall–Kier alpha value is -1.43. The number of rotatable bonds is 4. The second-order valence-electron chi connectivity index (χ2n) is 5.83. The minimum Gasteiger partial charge on any atom is -0.387 e. The normalized spacial score (nSPS) is 18.5. The first kappa shape index (κ1) is 15.5. The summed E-state index contributed by atoms with van der Waals surface area (Å²) in [5.41, 5.74) is 0.863. The van der Waals surface area contributed by atoms with E-state index in [0.29, 0.717) is 23.3 Å². The third kappa shape index (κ3) is 3.66. The zero-order valence-corrected chi connectivity index (χ0v) is 13.3. The van der Waals surface area contributed by atoms with Crippen molar-refractivity contribution in [2.24, 2.45) is 0 Å². The van der Waals surface area contributed by atoms with Gasteiger partial charge in [-0.3, -0.25) is 0 Å². The summed E-state index contributed by atoms with van der Waals surface area (Å²) in [4.78, 5) is 6.59. The lowest BCUT2D eigenvalue weighted by Crippen LogP contribution is -2.36. The van der Waals surface area contributed by atoms with Crippen molar-refractivity contribution >= 4 is 11.6 Å². The molecule has 118 valence electrons. The Bertz CT molecular complexity index is 623. The van der Waals surface area contributed by atoms with Gasteiger partial charge in [-0.05, 0) is 50.6 Å². The van der Waals surface area contributed by atoms with Crippen molar-refractivity contribution in [1.29, 1.82) is 0 Å². The van der Waals surface area contributed by atoms with Gasteiger partial charge < -0.3 is 14.5 Å². The summed E-state index contributed by atoms with van der Waals surface area (Å²) in [6, 6.07) is 7.41. The van der Waals surface area contributed by atoms with Crippen LogP contribution in [0.3, 0.4) is 0 Å². The number of aliphatic hydroxyl groups excluding tert-OH is 1. The van der Waals surface area contributed by atoms with Gasteiger partial charge in [-0.2, -0.15) is 4.98 Å². The molecule has 0 spiro atoms. The molecule has 0 amide bonds. The monoisotopic (exact) mass is 321 g/mol. The fraction of sp³-hybridized carbons (Fsp3) is 0.500. The largest absolute Gasteiger partial charge is 0.387 e. The van der Waals surface area contributed by atoms with Gasteiger partial charge in [-0.15, -0.1) is 0 Å². The Morgan fingerprint density at radius 1 is 1.41 bits per heavy atom. The van der Waals surface area contributed by atoms with Crippen LogP contribution in [0.2, 0.25) is 5.02 Å². The molecule has 22 heavy (non-hydrogen) atoms. The zero-order valence-electron chi connectivity index (χ0n) is 12.6. The van der Waals surface area contributed by atoms with Gasteiger partial charge in [0.25, 0.3) is 0 Å². The molecule has 1 saturated heterocycles. The Kier molecular flexibility index (Phi) is 4.76. The highest BCUT2D eigenvalue weighted by Crippen LogP contribution is 2.28. The predicted molar refractivity (Wildman–Crippen MR) is 83.9 cm³/mol. The molecule has 1 N–H and O–H groups in total. The van der Waals surface area contributed by atoms with E-state index in [2.05, 4.69) is 15.0 Å². The predicted octanol–water partition coefficient (Wildman–Crippen LogP) is 2.94. The first-order chi connectivity index (χ1) is 10.6. The summed E-state index contributed by atoms with van der Waals surface area (Å²) in [6.07, 6.45) is 1.44. The summed E-state index contributed by atoms with van der Waals surface area (Å²) < 4.78 is 5.26. The second kappa shape index (κ2) is 6.77. The SMILES string of the molecule is Cc1noc(C2CCN(CC(O)c3cccc(Cl)c3)CC2)n1. The number of piperidine rings is 1. The van der Waals surface area contributed by atoms with Crippen LogP contribution in [0.25, 0.3) is 0 Å². The van der Waals surface area contributed by atoms with Gasteiger partial charge >= 0.3 is 0 Å². The van der Waals surface area contributed by atoms with Crippen molar-refractivity contribution < 1.29 is 9.63 Å². The maximum absolute atomic E-state index is 10.3. The van der Waals surface area contributed by atoms with Crippen LogP contribution in [0, 0.1) is 6.92 Å². The molecule has 5 nitrogen and oxygen atoms in total. The molecule has 1 aromatic heterocycles. The third-order valence-electron chi connectivity index (χ3n) is 4.14. The second-order valence-corrected chi connectivity index (χ2v) is 6.26. The molecular weight excluding hydrogens is 302 g/mol. The molecule has 2 heterocycles. The van der Waals surface area contributed by atoms with E-state index in [-0.39, 0.29) is 0 Å². The summed E-state index contributed by atoms with van der Waals surface area (Å²) >= 11 is 5.97. The Morgan fingerprint density at radius 2 is 2.18 bits per heavy atom. The molecule has 1 aliphatic rings. The van der Waals surface area contributed by atoms with E-state index in [1.807, 2.05) is 31.2 Å². The standard InChI is InChI=1S/C16H20ClN3O2/c1-11-18-16(22-19-11)12-5-7-20(8-6-12)10-15(21)13-3-2-4-14(17)9-13/h2-4,9,12,15,21H,5-8,10H2,1H3. The number of hydrogen-bond acceptors (Lipinski definition) is 5. The number of aliphatic hydroxyl groups is 1. The number of aromatic nitrogens is 2. The minimum atomic E-state index is -0.513. The van der Waals surface area contributed by atoms with E-state index in [1.54, 1.807) is 0 Å². The highest BCUT2D eigenvalue weighted by atomic mass is 35.5. The van der Waals surface area contributed by atoms with Gasteiger partial charge in [-0.1, -0.05) is 28.9 Å². The summed E-state index contributed by atoms with van der Waals surface area (Å²) in [5.74, 6) is 1.77. The number of β-amino-alcohol motifs (C(OH)–C–C–N with tert-alkyl or cyclic N) is 1. The molecule has 1 atom stereocenters. The average molecular weight is 322 g/mol. The van der Waals surface area contributed by atoms with Crippen LogP contribution in [0.15, 0.2) is 28.8 Å². The molecule has 1 fully saturated rings. The minimum absolute atomic E-state index is 0.334. The fourth-order valence-corrected chi connectivity index (χ4v) is 3.10. The van der Waals surface area contributed by atoms with Gasteiger partial charge in [-0.25, -0.2) is 0 Å². The van der Waals surface area contributed by atoms with Crippen LogP contribution >= 0.6 is 11.6 Å². The van der Waals surface area contributed by atoms with E-state index >= 15 is 0 Å². The van der Waals surface area contributed by atoms with Crippen molar-refractivity contribution in [3.05, 3.63) is 46.6 Å². The Morgan fingerprint density at radius 3 is 2.82 bits per heavy atom. The lowest BCUT2D eigenvalue weighted by Gasteiger charge is -2.31. The zero-order chi connectivity index (χ0) is 15.5. The lowest BCUT2D eigenvalue weighted by molar-refractivity contribution is 0.0941. The van der Waals surface area contributed by atoms with E-state index < -0.39 is 6.10 Å². The van der Waals surface area contributed by atoms with Crippen LogP contribution in [0.1, 0.15) is 42.1 Å². The summed E-state index contributed by atoms with van der Waals surface area (Å²) in [7, 11) is 0. The van der Waals surface area contributed by atoms with Gasteiger partial charge in [0, 0.05) is 17.5 Å². The van der Waals surface area contributed by atoms with Crippen molar-refractivity contribution in [3.8, 4) is 0 Å². The molecule has 1 unspecified atom stereocenters. The first-order valence-electron chi connectivity index (χ1n) is 7.58. The number of benzene rings is 1. The molecule has 6 heteroatoms. The number of hydrogen-bond donors (Lipinski definition) is 1. The van der Waals surface area contributed by atoms with Crippen molar-refractivity contribution in [1.82, 2.24) is 15.0 Å². The van der Waals surface area contributed by atoms with Gasteiger partial charge in [0.05, 0.1) is 6.10 Å². The van der Waals surface area contributed by atoms with E-state index in [9.17, 15) is 5.11 Å². The Labute approximate surface area is 134 Å². The van der Waals surface area contributed by atoms with Crippen molar-refractivity contribution in [3.63, 3.8) is 0 Å². The van der Waals surface area contributed by atoms with Gasteiger partial charge in [0.2, 0.25) is 5.89 Å². The van der Waals surface area contributed by atoms with Crippen LogP contribution in [-0.2, 0) is 0 Å². The van der Waals surface area contributed by atoms with Crippen LogP contribution in [0.5, 0.6) is 0 Å². The number of halogens is 1. The first-order valence-corrected chi connectivity index (χ1v) is 7.95. The number of likely N-dealkylation sites (tertiary alicyclic amines) is 1. The molecule has 2 aromatic rings. The van der Waals surface area contributed by atoms with Crippen LogP contribution < -0.4 is 0 Å². The van der Waals surface area contributed by atoms with Crippen LogP contribution in [0.4, 0.5) is 0 Å². The maximum Gasteiger partial charge on any atom is 0.229 e. The molecule has 3 rings (SSSR count). The summed E-state index contributed by atoms with van der Waals surface area (Å²) in [5, 5.41) is 14.9. The molecule has 1 aliphatic heterocycles. The van der Waals surface area contributed by atoms with Gasteiger partial charge in [0.1, 0.15) is 0 Å². The molecular formula is C16H20ClN3O2. The van der Waals surface area contributed by atoms with E-state index in [4.69, 9.17) is 16.1 Å². The smallest absolute Gasteiger partial charge is 0.229 e.